The van der Waals surface area contributed by atoms with Gasteiger partial charge in [0, 0.05) is 42.8 Å². The Morgan fingerprint density at radius 3 is 3.10 bits per heavy atom. The molecule has 0 radical (unpaired) electrons. The largest absolute Gasteiger partial charge is 0.374 e. The van der Waals surface area contributed by atoms with Crippen LogP contribution in [0.1, 0.15) is 0 Å². The molecular formula is C14H17N3O3S. The van der Waals surface area contributed by atoms with Crippen LogP contribution in [0.25, 0.3) is 10.8 Å². The van der Waals surface area contributed by atoms with Crippen molar-refractivity contribution in [1.29, 1.82) is 0 Å². The van der Waals surface area contributed by atoms with Crippen LogP contribution < -0.4 is 10.0 Å². The van der Waals surface area contributed by atoms with Gasteiger partial charge in [0.05, 0.1) is 17.6 Å². The van der Waals surface area contributed by atoms with Crippen molar-refractivity contribution in [3.8, 4) is 0 Å². The van der Waals surface area contributed by atoms with E-state index in [9.17, 15) is 8.42 Å². The molecule has 1 atom stereocenters. The highest BCUT2D eigenvalue weighted by Crippen LogP contribution is 2.21. The number of hydrogen-bond donors (Lipinski definition) is 2. The normalized spacial score (nSPS) is 19.7. The van der Waals surface area contributed by atoms with Crippen LogP contribution in [0, 0.1) is 0 Å². The molecule has 2 aromatic rings. The summed E-state index contributed by atoms with van der Waals surface area (Å²) >= 11 is 0. The third kappa shape index (κ3) is 3.21. The van der Waals surface area contributed by atoms with Gasteiger partial charge in [-0.15, -0.1) is 0 Å². The summed E-state index contributed by atoms with van der Waals surface area (Å²) in [5, 5.41) is 4.64. The van der Waals surface area contributed by atoms with Gasteiger partial charge < -0.3 is 10.1 Å². The molecule has 21 heavy (non-hydrogen) atoms. The van der Waals surface area contributed by atoms with Crippen LogP contribution in [0.5, 0.6) is 0 Å². The summed E-state index contributed by atoms with van der Waals surface area (Å²) in [5.74, 6) is 0. The molecule has 112 valence electrons. The van der Waals surface area contributed by atoms with Crippen molar-refractivity contribution < 1.29 is 13.2 Å². The number of nitrogens with one attached hydrogen (secondary N) is 2. The Bertz CT molecular complexity index is 722. The molecule has 1 aromatic heterocycles. The summed E-state index contributed by atoms with van der Waals surface area (Å²) in [6.07, 6.45) is 3.11. The van der Waals surface area contributed by atoms with Gasteiger partial charge in [-0.3, -0.25) is 4.98 Å². The standard InChI is InChI=1S/C14H17N3O3S/c18-21(19,17-10-12-9-16-6-7-20-12)14-3-1-2-11-8-15-5-4-13(11)14/h1-5,8,12,16-17H,6-7,9-10H2. The Labute approximate surface area is 123 Å². The Morgan fingerprint density at radius 2 is 2.29 bits per heavy atom. The number of nitrogens with zero attached hydrogens (tertiary/aromatic N) is 1. The van der Waals surface area contributed by atoms with Gasteiger partial charge in [0.2, 0.25) is 10.0 Å². The van der Waals surface area contributed by atoms with Gasteiger partial charge in [-0.25, -0.2) is 13.1 Å². The molecule has 1 saturated heterocycles. The summed E-state index contributed by atoms with van der Waals surface area (Å²) in [6.45, 7) is 2.32. The first-order valence-electron chi connectivity index (χ1n) is 6.81. The molecule has 0 spiro atoms. The van der Waals surface area contributed by atoms with Gasteiger partial charge in [-0.05, 0) is 12.1 Å². The maximum Gasteiger partial charge on any atom is 0.241 e. The van der Waals surface area contributed by atoms with Crippen molar-refractivity contribution >= 4 is 20.8 Å². The SMILES string of the molecule is O=S(=O)(NCC1CNCCO1)c1cccc2cnccc12. The Morgan fingerprint density at radius 1 is 1.38 bits per heavy atom. The maximum atomic E-state index is 12.5. The smallest absolute Gasteiger partial charge is 0.241 e. The van der Waals surface area contributed by atoms with Crippen molar-refractivity contribution in [2.45, 2.75) is 11.0 Å². The van der Waals surface area contributed by atoms with Gasteiger partial charge >= 0.3 is 0 Å². The molecule has 1 aromatic carbocycles. The molecule has 7 heteroatoms. The summed E-state index contributed by atoms with van der Waals surface area (Å²) in [5.41, 5.74) is 0. The third-order valence-electron chi connectivity index (χ3n) is 3.44. The summed E-state index contributed by atoms with van der Waals surface area (Å²) in [7, 11) is -3.57. The average molecular weight is 307 g/mol. The zero-order valence-corrected chi connectivity index (χ0v) is 12.3. The fourth-order valence-corrected chi connectivity index (χ4v) is 3.65. The Balaban J connectivity index is 1.83. The van der Waals surface area contributed by atoms with Crippen LogP contribution in [-0.2, 0) is 14.8 Å². The number of hydrogen-bond acceptors (Lipinski definition) is 5. The summed E-state index contributed by atoms with van der Waals surface area (Å²) in [4.78, 5) is 4.28. The fraction of sp³-hybridized carbons (Fsp3) is 0.357. The summed E-state index contributed by atoms with van der Waals surface area (Å²) in [6, 6.07) is 6.87. The minimum Gasteiger partial charge on any atom is -0.374 e. The highest BCUT2D eigenvalue weighted by atomic mass is 32.2. The number of fused-ring (bicyclic) bond motifs is 1. The lowest BCUT2D eigenvalue weighted by Crippen LogP contribution is -2.45. The van der Waals surface area contributed by atoms with E-state index < -0.39 is 10.0 Å². The van der Waals surface area contributed by atoms with Gasteiger partial charge in [0.15, 0.2) is 0 Å². The first kappa shape index (κ1) is 14.4. The van der Waals surface area contributed by atoms with Crippen LogP contribution in [0.2, 0.25) is 0 Å². The van der Waals surface area contributed by atoms with Crippen molar-refractivity contribution in [2.75, 3.05) is 26.2 Å². The zero-order chi connectivity index (χ0) is 14.7. The second-order valence-corrected chi connectivity index (χ2v) is 6.64. The minimum atomic E-state index is -3.57. The molecule has 0 aliphatic carbocycles. The molecule has 2 N–H and O–H groups in total. The topological polar surface area (TPSA) is 80.3 Å². The van der Waals surface area contributed by atoms with E-state index in [1.165, 1.54) is 0 Å². The average Bonchev–Trinajstić information content (AvgIpc) is 2.53. The Kier molecular flexibility index (Phi) is 4.16. The van der Waals surface area contributed by atoms with E-state index in [2.05, 4.69) is 15.0 Å². The van der Waals surface area contributed by atoms with E-state index in [1.807, 2.05) is 6.07 Å². The molecule has 2 heterocycles. The van der Waals surface area contributed by atoms with Crippen LogP contribution >= 0.6 is 0 Å². The van der Waals surface area contributed by atoms with E-state index in [0.717, 1.165) is 11.9 Å². The Hall–Kier alpha value is -1.54. The molecule has 1 aliphatic rings. The van der Waals surface area contributed by atoms with E-state index in [0.29, 0.717) is 18.5 Å². The van der Waals surface area contributed by atoms with Crippen LogP contribution in [0.3, 0.4) is 0 Å². The lowest BCUT2D eigenvalue weighted by Gasteiger charge is -2.23. The van der Waals surface area contributed by atoms with Gasteiger partial charge in [-0.1, -0.05) is 12.1 Å². The number of rotatable bonds is 4. The van der Waals surface area contributed by atoms with Crippen LogP contribution in [0.4, 0.5) is 0 Å². The molecule has 1 unspecified atom stereocenters. The molecule has 3 rings (SSSR count). The quantitative estimate of drug-likeness (QED) is 0.860. The lowest BCUT2D eigenvalue weighted by molar-refractivity contribution is 0.0324. The monoisotopic (exact) mass is 307 g/mol. The number of benzene rings is 1. The minimum absolute atomic E-state index is 0.134. The number of aromatic nitrogens is 1. The number of morpholine rings is 1. The molecule has 0 bridgehead atoms. The highest BCUT2D eigenvalue weighted by molar-refractivity contribution is 7.89. The second-order valence-electron chi connectivity index (χ2n) is 4.90. The first-order chi connectivity index (χ1) is 10.2. The number of pyridine rings is 1. The van der Waals surface area contributed by atoms with Crippen molar-refractivity contribution in [3.05, 3.63) is 36.7 Å². The number of sulfonamides is 1. The van der Waals surface area contributed by atoms with Gasteiger partial charge in [0.25, 0.3) is 0 Å². The van der Waals surface area contributed by atoms with Crippen molar-refractivity contribution in [3.63, 3.8) is 0 Å². The zero-order valence-electron chi connectivity index (χ0n) is 11.5. The molecule has 1 aliphatic heterocycles. The van der Waals surface area contributed by atoms with Crippen molar-refractivity contribution in [1.82, 2.24) is 15.0 Å². The molecule has 1 fully saturated rings. The van der Waals surface area contributed by atoms with E-state index >= 15 is 0 Å². The van der Waals surface area contributed by atoms with E-state index in [-0.39, 0.29) is 17.5 Å². The van der Waals surface area contributed by atoms with E-state index in [4.69, 9.17) is 4.74 Å². The highest BCUT2D eigenvalue weighted by Gasteiger charge is 2.20. The van der Waals surface area contributed by atoms with Gasteiger partial charge in [-0.2, -0.15) is 0 Å². The molecule has 6 nitrogen and oxygen atoms in total. The first-order valence-corrected chi connectivity index (χ1v) is 8.30. The van der Waals surface area contributed by atoms with Crippen molar-refractivity contribution in [2.24, 2.45) is 0 Å². The maximum absolute atomic E-state index is 12.5. The van der Waals surface area contributed by atoms with Crippen LogP contribution in [0.15, 0.2) is 41.6 Å². The predicted molar refractivity (Wildman–Crippen MR) is 79.5 cm³/mol. The predicted octanol–water partition coefficient (Wildman–Crippen LogP) is 0.502. The van der Waals surface area contributed by atoms with E-state index in [1.54, 1.807) is 30.6 Å². The molecule has 0 saturated carbocycles. The molecule has 0 amide bonds. The second kappa shape index (κ2) is 6.07. The lowest BCUT2D eigenvalue weighted by atomic mass is 10.2. The molecular weight excluding hydrogens is 290 g/mol. The number of ether oxygens (including phenoxy) is 1. The van der Waals surface area contributed by atoms with Gasteiger partial charge in [0.1, 0.15) is 0 Å². The summed E-state index contributed by atoms with van der Waals surface area (Å²) < 4.78 is 33.1. The fourth-order valence-electron chi connectivity index (χ4n) is 2.36. The van der Waals surface area contributed by atoms with Crippen LogP contribution in [-0.4, -0.2) is 45.7 Å². The third-order valence-corrected chi connectivity index (χ3v) is 4.92.